The van der Waals surface area contributed by atoms with Gasteiger partial charge in [-0.15, -0.1) is 5.73 Å². The smallest absolute Gasteiger partial charge is 0.423 e. The molecule has 0 saturated heterocycles. The van der Waals surface area contributed by atoms with Crippen molar-refractivity contribution < 1.29 is 32.7 Å². The van der Waals surface area contributed by atoms with Gasteiger partial charge in [-0.3, -0.25) is 19.4 Å². The van der Waals surface area contributed by atoms with Gasteiger partial charge in [-0.2, -0.15) is 13.2 Å². The maximum atomic E-state index is 14.1. The number of carboxylic acids is 1. The van der Waals surface area contributed by atoms with E-state index in [9.17, 15) is 27.6 Å². The normalized spacial score (nSPS) is 23.7. The number of hydrogen-bond acceptors (Lipinski definition) is 5. The van der Waals surface area contributed by atoms with Crippen LogP contribution in [0.1, 0.15) is 85.5 Å². The highest BCUT2D eigenvalue weighted by molar-refractivity contribution is 6.14. The zero-order valence-electron chi connectivity index (χ0n) is 28.1. The third-order valence-corrected chi connectivity index (χ3v) is 9.10. The first-order valence-corrected chi connectivity index (χ1v) is 16.4. The summed E-state index contributed by atoms with van der Waals surface area (Å²) in [6.07, 6.45) is 14.7. The van der Waals surface area contributed by atoms with E-state index in [1.54, 1.807) is 19.2 Å². The first-order chi connectivity index (χ1) is 22.1. The molecule has 7 nitrogen and oxygen atoms in total. The van der Waals surface area contributed by atoms with Crippen molar-refractivity contribution in [3.63, 3.8) is 0 Å². The molecule has 0 aromatic rings. The zero-order chi connectivity index (χ0) is 34.8. The number of nitrogens with one attached hydrogen (secondary N) is 1. The molecular weight excluding hydrogens is 607 g/mol. The Morgan fingerprint density at radius 2 is 1.89 bits per heavy atom. The minimum atomic E-state index is -4.56. The standard InChI is InChI=1S/C33H39F3N2O2.C4H9NO2/c1-5-9-29(24-12-8-10-23(22-39)14-15-24)38-30(40)21-28(25-11-6-7-13-27(20-25)33(34,35)36)37-32(38)18-16-26(17-19-32)31(2,3)4;1-5-3-2-4(6)7/h6-7,10-12,14-15,20,22,26,29H,5,8-9,16-19,21H2,1-4H3;5H,2-3H2,1H3,(H,6,7). The summed E-state index contributed by atoms with van der Waals surface area (Å²) in [7, 11) is 1.73. The highest BCUT2D eigenvalue weighted by atomic mass is 19.4. The monoisotopic (exact) mass is 655 g/mol. The minimum absolute atomic E-state index is 0.0686. The van der Waals surface area contributed by atoms with E-state index in [0.29, 0.717) is 48.6 Å². The molecule has 1 saturated carbocycles. The number of aliphatic imine (C=N–C) groups is 1. The fourth-order valence-corrected chi connectivity index (χ4v) is 6.56. The number of aliphatic carboxylic acids is 1. The molecule has 1 spiro atoms. The zero-order valence-corrected chi connectivity index (χ0v) is 28.1. The molecule has 1 heterocycles. The van der Waals surface area contributed by atoms with Gasteiger partial charge in [0.05, 0.1) is 30.2 Å². The van der Waals surface area contributed by atoms with Gasteiger partial charge in [0.15, 0.2) is 0 Å². The number of carbonyl (C=O) groups is 3. The van der Waals surface area contributed by atoms with Crippen molar-refractivity contribution in [1.82, 2.24) is 10.2 Å². The molecule has 0 aromatic heterocycles. The van der Waals surface area contributed by atoms with Crippen LogP contribution in [0.4, 0.5) is 13.2 Å². The summed E-state index contributed by atoms with van der Waals surface area (Å²) in [5.74, 6) is -0.421. The number of alkyl halides is 3. The van der Waals surface area contributed by atoms with Crippen molar-refractivity contribution in [3.05, 3.63) is 76.6 Å². The predicted molar refractivity (Wildman–Crippen MR) is 179 cm³/mol. The molecule has 0 aromatic carbocycles. The second-order valence-corrected chi connectivity index (χ2v) is 13.4. The van der Waals surface area contributed by atoms with Crippen molar-refractivity contribution >= 4 is 23.9 Å². The van der Waals surface area contributed by atoms with Crippen LogP contribution < -0.4 is 5.32 Å². The SMILES string of the molecule is CCCC(C1=CCC=C(C=O)C=C1)N1C(=O)CC(C2=CC(C(F)(F)F)=C=CC=C2)=NC12CCC(C(C)(C)C)CC2.CNCCC(=O)O. The molecule has 0 bridgehead atoms. The van der Waals surface area contributed by atoms with Gasteiger partial charge in [0.1, 0.15) is 11.9 Å². The van der Waals surface area contributed by atoms with E-state index in [4.69, 9.17) is 10.1 Å². The quantitative estimate of drug-likeness (QED) is 0.197. The van der Waals surface area contributed by atoms with Crippen LogP contribution in [-0.2, 0) is 14.4 Å². The molecule has 256 valence electrons. The fraction of sp³-hybridized carbons (Fsp3) is 0.541. The van der Waals surface area contributed by atoms with Gasteiger partial charge >= 0.3 is 12.1 Å². The lowest BCUT2D eigenvalue weighted by molar-refractivity contribution is -0.143. The third kappa shape index (κ3) is 10.1. The van der Waals surface area contributed by atoms with E-state index in [2.05, 4.69) is 44.8 Å². The summed E-state index contributed by atoms with van der Waals surface area (Å²) in [6, 6.07) is -0.240. The van der Waals surface area contributed by atoms with Crippen LogP contribution in [0, 0.1) is 11.3 Å². The number of halogens is 3. The van der Waals surface area contributed by atoms with Crippen LogP contribution in [0.3, 0.4) is 0 Å². The lowest BCUT2D eigenvalue weighted by atomic mass is 9.68. The van der Waals surface area contributed by atoms with E-state index in [1.165, 1.54) is 12.2 Å². The number of nitrogens with zero attached hydrogens (tertiary/aromatic N) is 2. The largest absolute Gasteiger partial charge is 0.481 e. The van der Waals surface area contributed by atoms with Gasteiger partial charge in [0, 0.05) is 12.1 Å². The Morgan fingerprint density at radius 1 is 1.19 bits per heavy atom. The van der Waals surface area contributed by atoms with E-state index in [-0.39, 0.29) is 30.2 Å². The van der Waals surface area contributed by atoms with Gasteiger partial charge in [0.25, 0.3) is 0 Å². The average Bonchev–Trinajstić information content (AvgIpc) is 3.41. The van der Waals surface area contributed by atoms with Crippen LogP contribution in [0.2, 0.25) is 0 Å². The van der Waals surface area contributed by atoms with Crippen molar-refractivity contribution in [2.45, 2.75) is 103 Å². The summed E-state index contributed by atoms with van der Waals surface area (Å²) in [5.41, 5.74) is 2.96. The number of aldehydes is 1. The molecule has 4 rings (SSSR count). The lowest BCUT2D eigenvalue weighted by Gasteiger charge is -2.53. The highest BCUT2D eigenvalue weighted by Gasteiger charge is 2.50. The van der Waals surface area contributed by atoms with Crippen LogP contribution >= 0.6 is 0 Å². The molecule has 1 fully saturated rings. The van der Waals surface area contributed by atoms with Crippen LogP contribution in [-0.4, -0.2) is 65.4 Å². The third-order valence-electron chi connectivity index (χ3n) is 9.10. The van der Waals surface area contributed by atoms with E-state index >= 15 is 0 Å². The van der Waals surface area contributed by atoms with Gasteiger partial charge in [-0.1, -0.05) is 70.6 Å². The van der Waals surface area contributed by atoms with Crippen molar-refractivity contribution in [1.29, 1.82) is 0 Å². The van der Waals surface area contributed by atoms with Crippen molar-refractivity contribution in [2.75, 3.05) is 13.6 Å². The van der Waals surface area contributed by atoms with Gasteiger partial charge in [-0.05, 0) is 80.2 Å². The Morgan fingerprint density at radius 3 is 2.45 bits per heavy atom. The van der Waals surface area contributed by atoms with Gasteiger partial charge in [0.2, 0.25) is 5.91 Å². The molecule has 2 N–H and O–H groups in total. The highest BCUT2D eigenvalue weighted by Crippen LogP contribution is 2.48. The molecule has 3 aliphatic carbocycles. The van der Waals surface area contributed by atoms with Crippen molar-refractivity contribution in [3.8, 4) is 0 Å². The Bertz CT molecular complexity index is 1420. The summed E-state index contributed by atoms with van der Waals surface area (Å²) < 4.78 is 40.9. The fourth-order valence-electron chi connectivity index (χ4n) is 6.56. The second-order valence-electron chi connectivity index (χ2n) is 13.4. The summed E-state index contributed by atoms with van der Waals surface area (Å²) >= 11 is 0. The number of hydrogen-bond donors (Lipinski definition) is 2. The van der Waals surface area contributed by atoms with E-state index < -0.39 is 23.4 Å². The summed E-state index contributed by atoms with van der Waals surface area (Å²) in [6.45, 7) is 9.31. The maximum absolute atomic E-state index is 14.1. The molecular formula is C37H48F3N3O4. The number of amides is 1. The number of carbonyl (C=O) groups excluding carboxylic acids is 2. The Kier molecular flexibility index (Phi) is 13.1. The Hall–Kier alpha value is -3.75. The molecule has 1 unspecified atom stereocenters. The average molecular weight is 656 g/mol. The molecule has 1 amide bonds. The molecule has 1 aliphatic heterocycles. The summed E-state index contributed by atoms with van der Waals surface area (Å²) in [5, 5.41) is 10.7. The first kappa shape index (κ1) is 37.7. The minimum Gasteiger partial charge on any atom is -0.481 e. The predicted octanol–water partition coefficient (Wildman–Crippen LogP) is 7.59. The van der Waals surface area contributed by atoms with Gasteiger partial charge < -0.3 is 15.3 Å². The van der Waals surface area contributed by atoms with Crippen LogP contribution in [0.15, 0.2) is 81.6 Å². The van der Waals surface area contributed by atoms with Crippen LogP contribution in [0.25, 0.3) is 0 Å². The number of rotatable bonds is 9. The molecule has 4 aliphatic rings. The Balaban J connectivity index is 0.000000771. The van der Waals surface area contributed by atoms with Crippen molar-refractivity contribution in [2.24, 2.45) is 16.3 Å². The molecule has 0 radical (unpaired) electrons. The number of allylic oxidation sites excluding steroid dienone is 9. The summed E-state index contributed by atoms with van der Waals surface area (Å²) in [4.78, 5) is 42.4. The molecule has 47 heavy (non-hydrogen) atoms. The second kappa shape index (κ2) is 16.4. The topological polar surface area (TPSA) is 99.1 Å². The number of carboxylic acid groups (broad SMARTS) is 1. The van der Waals surface area contributed by atoms with E-state index in [0.717, 1.165) is 43.6 Å². The lowest BCUT2D eigenvalue weighted by Crippen LogP contribution is -2.60. The maximum Gasteiger partial charge on any atom is 0.423 e. The Labute approximate surface area is 276 Å². The molecule has 1 atom stereocenters. The first-order valence-electron chi connectivity index (χ1n) is 16.4. The van der Waals surface area contributed by atoms with Gasteiger partial charge in [-0.25, -0.2) is 0 Å². The van der Waals surface area contributed by atoms with E-state index in [1.807, 2.05) is 17.1 Å². The van der Waals surface area contributed by atoms with Crippen LogP contribution in [0.5, 0.6) is 0 Å². The molecule has 10 heteroatoms.